The molecule has 6 heteroatoms. The van der Waals surface area contributed by atoms with Gasteiger partial charge in [-0.1, -0.05) is 341 Å². The largest absolute Gasteiger partial charge is 0.466 e. The number of ether oxygens (including phenoxy) is 1. The highest BCUT2D eigenvalue weighted by atomic mass is 16.5. The summed E-state index contributed by atoms with van der Waals surface area (Å²) in [4.78, 5) is 24.6. The zero-order valence-electron chi connectivity index (χ0n) is 48.5. The van der Waals surface area contributed by atoms with Crippen LogP contribution in [-0.2, 0) is 14.3 Å². The molecule has 3 N–H and O–H groups in total. The van der Waals surface area contributed by atoms with E-state index in [1.807, 2.05) is 0 Å². The van der Waals surface area contributed by atoms with Gasteiger partial charge < -0.3 is 20.3 Å². The zero-order valence-corrected chi connectivity index (χ0v) is 48.5. The Morgan fingerprint density at radius 3 is 0.859 bits per heavy atom. The second-order valence-electron chi connectivity index (χ2n) is 22.8. The molecule has 0 aromatic heterocycles. The first-order valence-electron chi connectivity index (χ1n) is 32.8. The summed E-state index contributed by atoms with van der Waals surface area (Å²) in [6, 6.07) is -0.539. The normalized spacial score (nSPS) is 12.5. The first-order chi connectivity index (χ1) is 35.0. The van der Waals surface area contributed by atoms with Gasteiger partial charge in [-0.3, -0.25) is 9.59 Å². The van der Waals surface area contributed by atoms with Crippen LogP contribution in [0.3, 0.4) is 0 Å². The van der Waals surface area contributed by atoms with Crippen molar-refractivity contribution in [2.45, 2.75) is 392 Å². The van der Waals surface area contributed by atoms with Gasteiger partial charge in [0, 0.05) is 12.8 Å². The predicted molar refractivity (Wildman–Crippen MR) is 310 cm³/mol. The molecular formula is C65H129NO5. The first kappa shape index (κ1) is 69.9. The van der Waals surface area contributed by atoms with Gasteiger partial charge >= 0.3 is 5.97 Å². The minimum Gasteiger partial charge on any atom is -0.466 e. The Bertz CT molecular complexity index is 1020. The van der Waals surface area contributed by atoms with Crippen molar-refractivity contribution in [3.05, 3.63) is 0 Å². The van der Waals surface area contributed by atoms with Crippen molar-refractivity contribution in [2.24, 2.45) is 0 Å². The Labute approximate surface area is 445 Å². The molecule has 0 aromatic rings. The number of aliphatic hydroxyl groups is 2. The van der Waals surface area contributed by atoms with E-state index in [0.717, 1.165) is 38.5 Å². The summed E-state index contributed by atoms with van der Waals surface area (Å²) >= 11 is 0. The molecule has 0 fully saturated rings. The van der Waals surface area contributed by atoms with Crippen LogP contribution in [0.1, 0.15) is 380 Å². The van der Waals surface area contributed by atoms with Crippen molar-refractivity contribution in [3.8, 4) is 0 Å². The van der Waals surface area contributed by atoms with E-state index in [1.165, 1.54) is 308 Å². The second kappa shape index (κ2) is 61.4. The number of rotatable bonds is 62. The maximum Gasteiger partial charge on any atom is 0.305 e. The van der Waals surface area contributed by atoms with E-state index in [9.17, 15) is 19.8 Å². The number of carbonyl (C=O) groups is 2. The van der Waals surface area contributed by atoms with Crippen molar-refractivity contribution < 1.29 is 24.5 Å². The Hall–Kier alpha value is -1.14. The average molecular weight is 1000 g/mol. The number of nitrogens with one attached hydrogen (secondary N) is 1. The Kier molecular flexibility index (Phi) is 60.4. The fourth-order valence-electron chi connectivity index (χ4n) is 10.6. The molecule has 0 bridgehead atoms. The van der Waals surface area contributed by atoms with Crippen molar-refractivity contribution in [2.75, 3.05) is 13.2 Å². The number of hydrogen-bond acceptors (Lipinski definition) is 5. The van der Waals surface area contributed by atoms with E-state index in [0.29, 0.717) is 25.9 Å². The molecule has 1 amide bonds. The van der Waals surface area contributed by atoms with E-state index in [1.54, 1.807) is 0 Å². The minimum atomic E-state index is -0.662. The number of carbonyl (C=O) groups excluding carboxylic acids is 2. The van der Waals surface area contributed by atoms with Crippen LogP contribution in [0.4, 0.5) is 0 Å². The molecule has 2 unspecified atom stereocenters. The van der Waals surface area contributed by atoms with Gasteiger partial charge in [-0.05, 0) is 25.7 Å². The highest BCUT2D eigenvalue weighted by molar-refractivity contribution is 5.76. The molecule has 0 aliphatic heterocycles. The average Bonchev–Trinajstić information content (AvgIpc) is 3.37. The fourth-order valence-corrected chi connectivity index (χ4v) is 10.6. The summed E-state index contributed by atoms with van der Waals surface area (Å²) in [6.07, 6.45) is 72.7. The highest BCUT2D eigenvalue weighted by Gasteiger charge is 2.20. The zero-order chi connectivity index (χ0) is 51.4. The van der Waals surface area contributed by atoms with Crippen molar-refractivity contribution >= 4 is 11.9 Å². The summed E-state index contributed by atoms with van der Waals surface area (Å²) in [7, 11) is 0. The molecule has 0 saturated heterocycles. The molecule has 424 valence electrons. The molecule has 6 nitrogen and oxygen atoms in total. The third-order valence-corrected chi connectivity index (χ3v) is 15.7. The van der Waals surface area contributed by atoms with Crippen LogP contribution in [0.15, 0.2) is 0 Å². The van der Waals surface area contributed by atoms with Gasteiger partial charge in [0.15, 0.2) is 0 Å². The molecule has 0 spiro atoms. The van der Waals surface area contributed by atoms with Crippen LogP contribution in [0, 0.1) is 0 Å². The lowest BCUT2D eigenvalue weighted by atomic mass is 10.0. The van der Waals surface area contributed by atoms with Crippen molar-refractivity contribution in [3.63, 3.8) is 0 Å². The monoisotopic (exact) mass is 1000 g/mol. The van der Waals surface area contributed by atoms with E-state index >= 15 is 0 Å². The Morgan fingerprint density at radius 2 is 0.577 bits per heavy atom. The summed E-state index contributed by atoms with van der Waals surface area (Å²) in [6.45, 7) is 4.99. The Balaban J connectivity index is 3.33. The third-order valence-electron chi connectivity index (χ3n) is 15.7. The molecule has 0 saturated carbocycles. The molecule has 2 atom stereocenters. The summed E-state index contributed by atoms with van der Waals surface area (Å²) in [5.41, 5.74) is 0. The standard InChI is InChI=1S/C65H129NO5/c1-3-5-7-9-11-13-15-17-18-19-28-31-35-39-43-47-51-55-59-65(70)71-60-56-52-48-44-40-36-32-29-26-24-22-20-21-23-25-27-30-34-38-42-46-50-54-58-64(69)66-62(61-67)63(68)57-53-49-45-41-37-33-16-14-12-10-8-6-4-2/h62-63,67-68H,3-61H2,1-2H3,(H,66,69). The lowest BCUT2D eigenvalue weighted by molar-refractivity contribution is -0.143. The summed E-state index contributed by atoms with van der Waals surface area (Å²) in [5, 5.41) is 23.3. The van der Waals surface area contributed by atoms with E-state index in [4.69, 9.17) is 4.74 Å². The number of unbranched alkanes of at least 4 members (excludes halogenated alkanes) is 51. The SMILES string of the molecule is CCCCCCCCCCCCCCCCCCCCC(=O)OCCCCCCCCCCCCCCCCCCCCCCCCCC(=O)NC(CO)C(O)CCCCCCCCCCCCCCC. The fraction of sp³-hybridized carbons (Fsp3) is 0.969. The van der Waals surface area contributed by atoms with Gasteiger partial charge in [0.1, 0.15) is 0 Å². The summed E-state index contributed by atoms with van der Waals surface area (Å²) in [5.74, 6) is -0.0120. The van der Waals surface area contributed by atoms with Gasteiger partial charge in [0.2, 0.25) is 5.91 Å². The third kappa shape index (κ3) is 58.0. The topological polar surface area (TPSA) is 95.9 Å². The number of esters is 1. The van der Waals surface area contributed by atoms with Crippen LogP contribution in [0.2, 0.25) is 0 Å². The summed E-state index contributed by atoms with van der Waals surface area (Å²) < 4.78 is 5.51. The predicted octanol–water partition coefficient (Wildman–Crippen LogP) is 20.6. The quantitative estimate of drug-likeness (QED) is 0.0417. The van der Waals surface area contributed by atoms with Crippen molar-refractivity contribution in [1.29, 1.82) is 0 Å². The number of hydrogen-bond donors (Lipinski definition) is 3. The molecule has 0 aliphatic rings. The van der Waals surface area contributed by atoms with Crippen molar-refractivity contribution in [1.82, 2.24) is 5.32 Å². The Morgan fingerprint density at radius 1 is 0.338 bits per heavy atom. The van der Waals surface area contributed by atoms with Crippen LogP contribution in [0.5, 0.6) is 0 Å². The first-order valence-corrected chi connectivity index (χ1v) is 32.8. The maximum atomic E-state index is 12.5. The lowest BCUT2D eigenvalue weighted by Gasteiger charge is -2.22. The molecular weight excluding hydrogens is 875 g/mol. The van der Waals surface area contributed by atoms with Gasteiger partial charge in [0.05, 0.1) is 25.4 Å². The molecule has 0 radical (unpaired) electrons. The number of amides is 1. The van der Waals surface area contributed by atoms with Gasteiger partial charge in [-0.25, -0.2) is 0 Å². The van der Waals surface area contributed by atoms with E-state index in [2.05, 4.69) is 19.2 Å². The van der Waals surface area contributed by atoms with Crippen LogP contribution in [0.25, 0.3) is 0 Å². The second-order valence-corrected chi connectivity index (χ2v) is 22.8. The number of aliphatic hydroxyl groups excluding tert-OH is 2. The molecule has 0 rings (SSSR count). The molecule has 0 aromatic carbocycles. The lowest BCUT2D eigenvalue weighted by Crippen LogP contribution is -2.45. The van der Waals surface area contributed by atoms with Gasteiger partial charge in [0.25, 0.3) is 0 Å². The molecule has 0 heterocycles. The van der Waals surface area contributed by atoms with Gasteiger partial charge in [-0.15, -0.1) is 0 Å². The van der Waals surface area contributed by atoms with E-state index < -0.39 is 12.1 Å². The highest BCUT2D eigenvalue weighted by Crippen LogP contribution is 2.19. The van der Waals surface area contributed by atoms with E-state index in [-0.39, 0.29) is 18.5 Å². The minimum absolute atomic E-state index is 0.0199. The van der Waals surface area contributed by atoms with Crippen LogP contribution >= 0.6 is 0 Å². The smallest absolute Gasteiger partial charge is 0.305 e. The van der Waals surface area contributed by atoms with Crippen LogP contribution in [-0.4, -0.2) is 47.4 Å². The molecule has 71 heavy (non-hydrogen) atoms. The maximum absolute atomic E-state index is 12.5. The van der Waals surface area contributed by atoms with Gasteiger partial charge in [-0.2, -0.15) is 0 Å². The molecule has 0 aliphatic carbocycles. The van der Waals surface area contributed by atoms with Crippen LogP contribution < -0.4 is 5.32 Å².